The molecule has 1 aliphatic heterocycles. The molecule has 13 nitrogen and oxygen atoms in total. The maximum absolute atomic E-state index is 11.2. The van der Waals surface area contributed by atoms with Crippen molar-refractivity contribution in [2.45, 2.75) is 37.0 Å². The van der Waals surface area contributed by atoms with Crippen molar-refractivity contribution >= 4 is 28.9 Å². The largest absolute Gasteiger partial charge is 0.481 e. The minimum absolute atomic E-state index is 0.0147. The number of aromatic nitrogens is 4. The zero-order chi connectivity index (χ0) is 19.7. The van der Waals surface area contributed by atoms with Crippen LogP contribution in [0.1, 0.15) is 12.6 Å². The van der Waals surface area contributed by atoms with E-state index in [2.05, 4.69) is 20.3 Å². The van der Waals surface area contributed by atoms with Gasteiger partial charge < -0.3 is 35.6 Å². The van der Waals surface area contributed by atoms with Crippen molar-refractivity contribution in [3.8, 4) is 0 Å². The quantitative estimate of drug-likeness (QED) is 0.301. The van der Waals surface area contributed by atoms with Crippen LogP contribution in [0.25, 0.3) is 11.2 Å². The predicted octanol–water partition coefficient (Wildman–Crippen LogP) is -2.22. The molecule has 13 heteroatoms. The summed E-state index contributed by atoms with van der Waals surface area (Å²) >= 11 is 0. The third-order valence-electron chi connectivity index (χ3n) is 4.14. The average Bonchev–Trinajstić information content (AvgIpc) is 3.16. The molecule has 1 fully saturated rings. The number of hydrogen-bond donors (Lipinski definition) is 6. The van der Waals surface area contributed by atoms with E-state index in [0.29, 0.717) is 0 Å². The Kier molecular flexibility index (Phi) is 5.18. The average molecular weight is 383 g/mol. The van der Waals surface area contributed by atoms with Gasteiger partial charge in [0.05, 0.1) is 19.4 Å². The van der Waals surface area contributed by atoms with Gasteiger partial charge in [0.15, 0.2) is 23.2 Å². The van der Waals surface area contributed by atoms with Crippen molar-refractivity contribution in [1.82, 2.24) is 19.5 Å². The number of aliphatic carboxylic acids is 2. The van der Waals surface area contributed by atoms with E-state index in [-0.39, 0.29) is 17.0 Å². The van der Waals surface area contributed by atoms with Crippen LogP contribution in [0.15, 0.2) is 12.7 Å². The molecule has 0 unspecified atom stereocenters. The van der Waals surface area contributed by atoms with Crippen molar-refractivity contribution in [2.24, 2.45) is 0 Å². The summed E-state index contributed by atoms with van der Waals surface area (Å²) in [5.41, 5.74) is 0.272. The first-order valence-corrected chi connectivity index (χ1v) is 7.84. The van der Waals surface area contributed by atoms with Crippen LogP contribution in [-0.2, 0) is 14.3 Å². The lowest BCUT2D eigenvalue weighted by atomic mass is 10.1. The van der Waals surface area contributed by atoms with E-state index in [0.717, 1.165) is 6.33 Å². The number of ether oxygens (including phenoxy) is 1. The van der Waals surface area contributed by atoms with Crippen LogP contribution in [0.3, 0.4) is 0 Å². The van der Waals surface area contributed by atoms with Crippen LogP contribution in [0, 0.1) is 0 Å². The summed E-state index contributed by atoms with van der Waals surface area (Å²) in [6, 6.07) is -1.44. The van der Waals surface area contributed by atoms with E-state index in [9.17, 15) is 24.9 Å². The van der Waals surface area contributed by atoms with Crippen molar-refractivity contribution in [3.63, 3.8) is 0 Å². The minimum Gasteiger partial charge on any atom is -0.481 e. The molecular weight excluding hydrogens is 366 g/mol. The standard InChI is InChI=1S/C14H17N5O8/c20-2-6-9(23)10(24)13(27-6)19-4-17-8-11(15-3-16-12(8)19)18-5(14(25)26)1-7(21)22/h3-6,9-10,13,20,23-24H,1-2H2,(H,21,22)(H,25,26)(H,15,16,18)/t5-,6-,9-,10-,13-/m1/s1. The van der Waals surface area contributed by atoms with Gasteiger partial charge in [0.2, 0.25) is 0 Å². The van der Waals surface area contributed by atoms with Gasteiger partial charge in [-0.15, -0.1) is 0 Å². The Morgan fingerprint density at radius 3 is 2.56 bits per heavy atom. The summed E-state index contributed by atoms with van der Waals surface area (Å²) in [7, 11) is 0. The molecule has 0 aromatic carbocycles. The number of aliphatic hydroxyl groups is 3. The molecule has 3 rings (SSSR count). The molecule has 6 N–H and O–H groups in total. The van der Waals surface area contributed by atoms with Gasteiger partial charge in [0.25, 0.3) is 0 Å². The van der Waals surface area contributed by atoms with Crippen molar-refractivity contribution in [3.05, 3.63) is 12.7 Å². The molecule has 27 heavy (non-hydrogen) atoms. The number of nitrogens with one attached hydrogen (secondary N) is 1. The maximum Gasteiger partial charge on any atom is 0.326 e. The molecule has 0 aliphatic carbocycles. The highest BCUT2D eigenvalue weighted by Gasteiger charge is 2.44. The number of hydrogen-bond acceptors (Lipinski definition) is 10. The Morgan fingerprint density at radius 2 is 1.96 bits per heavy atom. The van der Waals surface area contributed by atoms with Crippen LogP contribution < -0.4 is 5.32 Å². The second kappa shape index (κ2) is 7.40. The Bertz CT molecular complexity index is 857. The van der Waals surface area contributed by atoms with E-state index in [1.165, 1.54) is 10.9 Å². The smallest absolute Gasteiger partial charge is 0.326 e. The topological polar surface area (TPSA) is 200 Å². The molecule has 2 aromatic rings. The van der Waals surface area contributed by atoms with Crippen LogP contribution in [-0.4, -0.2) is 88.0 Å². The Hall–Kier alpha value is -2.87. The van der Waals surface area contributed by atoms with Crippen molar-refractivity contribution < 1.29 is 39.9 Å². The zero-order valence-electron chi connectivity index (χ0n) is 13.7. The lowest BCUT2D eigenvalue weighted by Crippen LogP contribution is -2.33. The zero-order valence-corrected chi connectivity index (χ0v) is 13.7. The number of carbonyl (C=O) groups is 2. The van der Waals surface area contributed by atoms with Gasteiger partial charge in [0.1, 0.15) is 30.7 Å². The third-order valence-corrected chi connectivity index (χ3v) is 4.14. The number of fused-ring (bicyclic) bond motifs is 1. The van der Waals surface area contributed by atoms with Crippen LogP contribution in [0.5, 0.6) is 0 Å². The second-order valence-electron chi connectivity index (χ2n) is 5.91. The molecule has 2 aromatic heterocycles. The number of rotatable bonds is 7. The molecule has 1 saturated heterocycles. The summed E-state index contributed by atoms with van der Waals surface area (Å²) in [6.45, 7) is -0.501. The SMILES string of the molecule is O=C(O)C[C@@H](Nc1ncnc2c1ncn2[C@@H]1O[C@H](CO)[C@@H](O)[C@H]1O)C(=O)O. The third kappa shape index (κ3) is 3.52. The molecule has 0 spiro atoms. The van der Waals surface area contributed by atoms with Crippen molar-refractivity contribution in [1.29, 1.82) is 0 Å². The van der Waals surface area contributed by atoms with Crippen LogP contribution >= 0.6 is 0 Å². The van der Waals surface area contributed by atoms with Crippen LogP contribution in [0.2, 0.25) is 0 Å². The lowest BCUT2D eigenvalue weighted by Gasteiger charge is -2.17. The minimum atomic E-state index is -1.44. The molecule has 5 atom stereocenters. The Balaban J connectivity index is 1.93. The normalized spacial score (nSPS) is 26.2. The summed E-state index contributed by atoms with van der Waals surface area (Å²) in [6.07, 6.45) is -3.08. The van der Waals surface area contributed by atoms with E-state index >= 15 is 0 Å². The highest BCUT2D eigenvalue weighted by molar-refractivity contribution is 5.88. The van der Waals surface area contributed by atoms with Gasteiger partial charge in [-0.05, 0) is 0 Å². The highest BCUT2D eigenvalue weighted by atomic mass is 16.6. The molecule has 0 saturated carbocycles. The monoisotopic (exact) mass is 383 g/mol. The van der Waals surface area contributed by atoms with E-state index in [1.54, 1.807) is 0 Å². The summed E-state index contributed by atoms with van der Waals surface area (Å²) in [4.78, 5) is 34.0. The van der Waals surface area contributed by atoms with Gasteiger partial charge in [-0.25, -0.2) is 19.7 Å². The van der Waals surface area contributed by atoms with E-state index < -0.39 is 55.5 Å². The van der Waals surface area contributed by atoms with Crippen LogP contribution in [0.4, 0.5) is 5.82 Å². The number of carboxylic acid groups (broad SMARTS) is 2. The van der Waals surface area contributed by atoms with Crippen molar-refractivity contribution in [2.75, 3.05) is 11.9 Å². The molecule has 1 aliphatic rings. The highest BCUT2D eigenvalue weighted by Crippen LogP contribution is 2.32. The molecule has 0 bridgehead atoms. The number of anilines is 1. The Labute approximate surface area is 150 Å². The summed E-state index contributed by atoms with van der Waals surface area (Å²) in [5, 5.41) is 49.7. The number of aliphatic hydroxyl groups excluding tert-OH is 3. The summed E-state index contributed by atoms with van der Waals surface area (Å²) in [5.74, 6) is -2.71. The first-order chi connectivity index (χ1) is 12.8. The van der Waals surface area contributed by atoms with E-state index in [4.69, 9.17) is 14.9 Å². The fraction of sp³-hybridized carbons (Fsp3) is 0.500. The maximum atomic E-state index is 11.2. The number of nitrogens with zero attached hydrogens (tertiary/aromatic N) is 4. The number of carboxylic acids is 2. The first-order valence-electron chi connectivity index (χ1n) is 7.84. The number of imidazole rings is 1. The fourth-order valence-corrected chi connectivity index (χ4v) is 2.79. The fourth-order valence-electron chi connectivity index (χ4n) is 2.79. The lowest BCUT2D eigenvalue weighted by molar-refractivity contribution is -0.144. The molecular formula is C14H17N5O8. The Morgan fingerprint density at radius 1 is 1.22 bits per heavy atom. The van der Waals surface area contributed by atoms with Gasteiger partial charge in [0, 0.05) is 0 Å². The van der Waals surface area contributed by atoms with Gasteiger partial charge in [-0.3, -0.25) is 9.36 Å². The van der Waals surface area contributed by atoms with Gasteiger partial charge in [-0.1, -0.05) is 0 Å². The molecule has 3 heterocycles. The second-order valence-corrected chi connectivity index (χ2v) is 5.91. The predicted molar refractivity (Wildman–Crippen MR) is 85.6 cm³/mol. The summed E-state index contributed by atoms with van der Waals surface area (Å²) < 4.78 is 6.72. The van der Waals surface area contributed by atoms with Gasteiger partial charge in [-0.2, -0.15) is 0 Å². The van der Waals surface area contributed by atoms with Gasteiger partial charge >= 0.3 is 11.9 Å². The molecule has 146 valence electrons. The molecule has 0 radical (unpaired) electrons. The molecule has 0 amide bonds. The first kappa shape index (κ1) is 18.9. The van der Waals surface area contributed by atoms with E-state index in [1.807, 2.05) is 0 Å².